The van der Waals surface area contributed by atoms with Crippen molar-refractivity contribution in [2.24, 2.45) is 0 Å². The molecule has 19 heavy (non-hydrogen) atoms. The van der Waals surface area contributed by atoms with Gasteiger partial charge in [0.05, 0.1) is 5.69 Å². The van der Waals surface area contributed by atoms with Crippen LogP contribution in [0.15, 0.2) is 18.2 Å². The minimum atomic E-state index is -4.80. The molecule has 0 aliphatic carbocycles. The Labute approximate surface area is 107 Å². The molecule has 1 aromatic rings. The maximum atomic E-state index is 12.1. The van der Waals surface area contributed by atoms with Gasteiger partial charge in [0.25, 0.3) is 5.91 Å². The average Bonchev–Trinajstić information content (AvgIpc) is 2.82. The first-order valence-corrected chi connectivity index (χ1v) is 5.81. The third-order valence-electron chi connectivity index (χ3n) is 2.88. The lowest BCUT2D eigenvalue weighted by atomic mass is 10.1. The highest BCUT2D eigenvalue weighted by molar-refractivity contribution is 5.95. The van der Waals surface area contributed by atoms with Gasteiger partial charge in [0.1, 0.15) is 0 Å². The minimum Gasteiger partial charge on any atom is -0.404 e. The van der Waals surface area contributed by atoms with Crippen LogP contribution in [0.25, 0.3) is 0 Å². The van der Waals surface area contributed by atoms with E-state index in [1.807, 2.05) is 0 Å². The average molecular weight is 274 g/mol. The molecular weight excluding hydrogens is 261 g/mol. The number of anilines is 1. The summed E-state index contributed by atoms with van der Waals surface area (Å²) in [6, 6.07) is 3.56. The standard InChI is InChI=1S/C12H13F3N2O2/c13-12(14,15)19-10-4-3-8(7-9(10)16)11(18)17-5-1-2-6-17/h3-4,7H,1-2,5-6,16H2. The molecule has 4 nitrogen and oxygen atoms in total. The molecule has 1 amide bonds. The molecule has 1 aliphatic heterocycles. The number of amides is 1. The lowest BCUT2D eigenvalue weighted by molar-refractivity contribution is -0.274. The third kappa shape index (κ3) is 3.30. The van der Waals surface area contributed by atoms with Crippen LogP contribution in [0, 0.1) is 0 Å². The van der Waals surface area contributed by atoms with Gasteiger partial charge >= 0.3 is 6.36 Å². The van der Waals surface area contributed by atoms with Crippen LogP contribution in [-0.2, 0) is 0 Å². The largest absolute Gasteiger partial charge is 0.573 e. The van der Waals surface area contributed by atoms with Gasteiger partial charge in [0.15, 0.2) is 5.75 Å². The summed E-state index contributed by atoms with van der Waals surface area (Å²) < 4.78 is 40.0. The minimum absolute atomic E-state index is 0.206. The Bertz CT molecular complexity index is 482. The number of nitrogens with two attached hydrogens (primary N) is 1. The first-order valence-electron chi connectivity index (χ1n) is 5.81. The molecule has 0 atom stereocenters. The van der Waals surface area contributed by atoms with Crippen molar-refractivity contribution in [2.45, 2.75) is 19.2 Å². The Balaban J connectivity index is 2.16. The number of rotatable bonds is 2. The number of carbonyl (C=O) groups is 1. The Morgan fingerprint density at radius 1 is 1.26 bits per heavy atom. The molecule has 1 heterocycles. The molecule has 0 saturated carbocycles. The Kier molecular flexibility index (Phi) is 3.55. The summed E-state index contributed by atoms with van der Waals surface area (Å²) in [5.41, 5.74) is 5.54. The van der Waals surface area contributed by atoms with Crippen LogP contribution in [0.4, 0.5) is 18.9 Å². The molecular formula is C12H13F3N2O2. The van der Waals surface area contributed by atoms with E-state index in [1.165, 1.54) is 12.1 Å². The number of likely N-dealkylation sites (tertiary alicyclic amines) is 1. The van der Waals surface area contributed by atoms with Crippen molar-refractivity contribution in [3.8, 4) is 5.75 Å². The Morgan fingerprint density at radius 2 is 1.89 bits per heavy atom. The van der Waals surface area contributed by atoms with Gasteiger partial charge in [-0.25, -0.2) is 0 Å². The second kappa shape index (κ2) is 4.99. The van der Waals surface area contributed by atoms with Gasteiger partial charge in [0, 0.05) is 18.7 Å². The predicted molar refractivity (Wildman–Crippen MR) is 62.7 cm³/mol. The van der Waals surface area contributed by atoms with E-state index in [9.17, 15) is 18.0 Å². The third-order valence-corrected chi connectivity index (χ3v) is 2.88. The summed E-state index contributed by atoms with van der Waals surface area (Å²) in [5.74, 6) is -0.715. The maximum Gasteiger partial charge on any atom is 0.573 e. The molecule has 104 valence electrons. The van der Waals surface area contributed by atoms with E-state index in [2.05, 4.69) is 4.74 Å². The second-order valence-corrected chi connectivity index (χ2v) is 4.30. The van der Waals surface area contributed by atoms with Crippen molar-refractivity contribution in [2.75, 3.05) is 18.8 Å². The van der Waals surface area contributed by atoms with E-state index in [4.69, 9.17) is 5.73 Å². The number of nitrogens with zero attached hydrogens (tertiary/aromatic N) is 1. The van der Waals surface area contributed by atoms with Crippen molar-refractivity contribution in [3.63, 3.8) is 0 Å². The van der Waals surface area contributed by atoms with Gasteiger partial charge in [-0.2, -0.15) is 0 Å². The number of benzene rings is 1. The lowest BCUT2D eigenvalue weighted by Crippen LogP contribution is -2.27. The zero-order valence-electron chi connectivity index (χ0n) is 10.0. The molecule has 0 bridgehead atoms. The molecule has 0 spiro atoms. The summed E-state index contributed by atoms with van der Waals surface area (Å²) in [5, 5.41) is 0. The normalized spacial score (nSPS) is 15.6. The van der Waals surface area contributed by atoms with Crippen LogP contribution in [0.2, 0.25) is 0 Å². The number of nitrogen functional groups attached to an aromatic ring is 1. The van der Waals surface area contributed by atoms with E-state index in [-0.39, 0.29) is 17.2 Å². The fraction of sp³-hybridized carbons (Fsp3) is 0.417. The molecule has 7 heteroatoms. The molecule has 1 fully saturated rings. The fourth-order valence-electron chi connectivity index (χ4n) is 2.00. The quantitative estimate of drug-likeness (QED) is 0.842. The molecule has 0 aromatic heterocycles. The van der Waals surface area contributed by atoms with Crippen molar-refractivity contribution >= 4 is 11.6 Å². The van der Waals surface area contributed by atoms with Gasteiger partial charge in [-0.1, -0.05) is 0 Å². The fourth-order valence-corrected chi connectivity index (χ4v) is 2.00. The van der Waals surface area contributed by atoms with Crippen LogP contribution in [-0.4, -0.2) is 30.3 Å². The monoisotopic (exact) mass is 274 g/mol. The molecule has 2 N–H and O–H groups in total. The van der Waals surface area contributed by atoms with Crippen LogP contribution in [0.1, 0.15) is 23.2 Å². The smallest absolute Gasteiger partial charge is 0.404 e. The van der Waals surface area contributed by atoms with Gasteiger partial charge in [-0.05, 0) is 31.0 Å². The zero-order valence-corrected chi connectivity index (χ0v) is 10.0. The topological polar surface area (TPSA) is 55.6 Å². The van der Waals surface area contributed by atoms with E-state index in [0.29, 0.717) is 13.1 Å². The van der Waals surface area contributed by atoms with E-state index < -0.39 is 12.1 Å². The zero-order chi connectivity index (χ0) is 14.0. The predicted octanol–water partition coefficient (Wildman–Crippen LogP) is 2.40. The van der Waals surface area contributed by atoms with Gasteiger partial charge < -0.3 is 15.4 Å². The van der Waals surface area contributed by atoms with E-state index in [0.717, 1.165) is 18.9 Å². The van der Waals surface area contributed by atoms with Gasteiger partial charge in [-0.3, -0.25) is 4.79 Å². The van der Waals surface area contributed by atoms with Crippen LogP contribution in [0.3, 0.4) is 0 Å². The molecule has 1 aromatic carbocycles. The summed E-state index contributed by atoms with van der Waals surface area (Å²) in [6.45, 7) is 1.33. The first kappa shape index (κ1) is 13.5. The van der Waals surface area contributed by atoms with Crippen molar-refractivity contribution in [1.82, 2.24) is 4.90 Å². The highest BCUT2D eigenvalue weighted by atomic mass is 19.4. The lowest BCUT2D eigenvalue weighted by Gasteiger charge is -2.16. The SMILES string of the molecule is Nc1cc(C(=O)N2CCCC2)ccc1OC(F)(F)F. The summed E-state index contributed by atoms with van der Waals surface area (Å²) >= 11 is 0. The van der Waals surface area contributed by atoms with Crippen molar-refractivity contribution in [3.05, 3.63) is 23.8 Å². The summed E-state index contributed by atoms with van der Waals surface area (Å²) in [7, 11) is 0. The van der Waals surface area contributed by atoms with Crippen LogP contribution in [0.5, 0.6) is 5.75 Å². The Morgan fingerprint density at radius 3 is 2.42 bits per heavy atom. The van der Waals surface area contributed by atoms with E-state index in [1.54, 1.807) is 4.90 Å². The number of hydrogen-bond acceptors (Lipinski definition) is 3. The van der Waals surface area contributed by atoms with Crippen molar-refractivity contribution < 1.29 is 22.7 Å². The highest BCUT2D eigenvalue weighted by Crippen LogP contribution is 2.29. The molecule has 0 radical (unpaired) electrons. The number of halogens is 3. The number of alkyl halides is 3. The van der Waals surface area contributed by atoms with Crippen LogP contribution >= 0.6 is 0 Å². The maximum absolute atomic E-state index is 12.1. The van der Waals surface area contributed by atoms with E-state index >= 15 is 0 Å². The summed E-state index contributed by atoms with van der Waals surface area (Å²) in [4.78, 5) is 13.7. The van der Waals surface area contributed by atoms with Gasteiger partial charge in [-0.15, -0.1) is 13.2 Å². The second-order valence-electron chi connectivity index (χ2n) is 4.30. The number of hydrogen-bond donors (Lipinski definition) is 1. The van der Waals surface area contributed by atoms with Crippen LogP contribution < -0.4 is 10.5 Å². The van der Waals surface area contributed by atoms with Gasteiger partial charge in [0.2, 0.25) is 0 Å². The first-order chi connectivity index (χ1) is 8.87. The molecule has 1 saturated heterocycles. The highest BCUT2D eigenvalue weighted by Gasteiger charge is 2.32. The number of carbonyl (C=O) groups excluding carboxylic acids is 1. The van der Waals surface area contributed by atoms with Crippen molar-refractivity contribution in [1.29, 1.82) is 0 Å². The Hall–Kier alpha value is -1.92. The number of ether oxygens (including phenoxy) is 1. The molecule has 1 aliphatic rings. The summed E-state index contributed by atoms with van der Waals surface area (Å²) in [6.07, 6.45) is -2.92. The molecule has 0 unspecified atom stereocenters. The molecule has 2 rings (SSSR count).